The largest absolute Gasteiger partial charge is 1.00 e. The van der Waals surface area contributed by atoms with Gasteiger partial charge in [0.15, 0.2) is 5.75 Å². The number of phosphoric acid groups is 1. The van der Waals surface area contributed by atoms with E-state index >= 15 is 0 Å². The number of ether oxygens (including phenoxy) is 2. The molecule has 0 amide bonds. The van der Waals surface area contributed by atoms with E-state index < -0.39 is 19.2 Å². The van der Waals surface area contributed by atoms with Gasteiger partial charge in [-0.1, -0.05) is 193 Å². The zero-order valence-electron chi connectivity index (χ0n) is 34.8. The van der Waals surface area contributed by atoms with Gasteiger partial charge in [0, 0.05) is 19.3 Å². The third kappa shape index (κ3) is 35.8. The summed E-state index contributed by atoms with van der Waals surface area (Å²) in [5.41, 5.74) is 0.545. The standard InChI is InChI=1S/C43H78NO8P.Na/c1-3-5-7-9-11-13-15-17-19-21-23-25-27-29-37-49-39-43(50-38-30-28-26-24-22-20-18-16-14-12-10-8-6-4-2)40-51-53(47,48)52-42-33-31-41(32-34-42)35-36-44(45)46;/h31-36,43H,3-30,37-40H2,1-2H3,(H,47,48);/q;+1/p-1/b36-35+;. The van der Waals surface area contributed by atoms with Gasteiger partial charge in [0.05, 0.1) is 11.5 Å². The summed E-state index contributed by atoms with van der Waals surface area (Å²) in [7, 11) is -4.68. The molecule has 1 rings (SSSR count). The van der Waals surface area contributed by atoms with Crippen LogP contribution in [-0.4, -0.2) is 37.5 Å². The number of unbranched alkanes of at least 4 members (excludes halogenated alkanes) is 26. The SMILES string of the molecule is CCCCCCCCCCCCCCCCOCC(CO[P+]([O-])([O-])Oc1ccc(/C=C/[N+](=O)[O-])cc1)OCCCCCCCCCCCCCCCC.[Na+]. The first kappa shape index (κ1) is 53.4. The van der Waals surface area contributed by atoms with Gasteiger partial charge in [-0.15, -0.1) is 0 Å². The van der Waals surface area contributed by atoms with E-state index in [1.165, 1.54) is 184 Å². The minimum Gasteiger partial charge on any atom is -0.627 e. The molecule has 0 fully saturated rings. The molecule has 0 saturated carbocycles. The van der Waals surface area contributed by atoms with Crippen molar-refractivity contribution in [3.05, 3.63) is 46.1 Å². The van der Waals surface area contributed by atoms with E-state index in [1.807, 2.05) is 0 Å². The van der Waals surface area contributed by atoms with E-state index in [0.717, 1.165) is 31.9 Å². The molecule has 0 saturated heterocycles. The third-order valence-corrected chi connectivity index (χ3v) is 10.6. The summed E-state index contributed by atoms with van der Waals surface area (Å²) >= 11 is 0. The molecule has 0 spiro atoms. The van der Waals surface area contributed by atoms with Crippen LogP contribution in [0.2, 0.25) is 0 Å². The van der Waals surface area contributed by atoms with Gasteiger partial charge >= 0.3 is 29.6 Å². The Bertz CT molecular complexity index is 985. The molecular formula is C43H77NNaO8P. The van der Waals surface area contributed by atoms with Crippen molar-refractivity contribution in [1.29, 1.82) is 0 Å². The Kier molecular flexibility index (Phi) is 38.8. The molecule has 0 aromatic heterocycles. The fraction of sp³-hybridized carbons (Fsp3) is 0.814. The normalized spacial score (nSPS) is 12.3. The number of nitrogens with zero attached hydrogens (tertiary/aromatic N) is 1. The average molecular weight is 790 g/mol. The molecule has 54 heavy (non-hydrogen) atoms. The van der Waals surface area contributed by atoms with Gasteiger partial charge in [0.25, 0.3) is 0 Å². The maximum Gasteiger partial charge on any atom is 1.00 e. The summed E-state index contributed by atoms with van der Waals surface area (Å²) in [6.07, 6.45) is 37.8. The van der Waals surface area contributed by atoms with Crippen LogP contribution in [0.3, 0.4) is 0 Å². The summed E-state index contributed by atoms with van der Waals surface area (Å²) < 4.78 is 22.3. The Hall–Kier alpha value is -0.610. The molecule has 0 aliphatic heterocycles. The summed E-state index contributed by atoms with van der Waals surface area (Å²) in [6.45, 7) is 5.73. The molecule has 1 aromatic carbocycles. The van der Waals surface area contributed by atoms with Gasteiger partial charge < -0.3 is 23.8 Å². The monoisotopic (exact) mass is 790 g/mol. The molecule has 1 aromatic rings. The van der Waals surface area contributed by atoms with Crippen LogP contribution >= 0.6 is 8.17 Å². The number of rotatable bonds is 40. The van der Waals surface area contributed by atoms with Gasteiger partial charge in [-0.3, -0.25) is 10.1 Å². The van der Waals surface area contributed by atoms with Crippen LogP contribution in [0.25, 0.3) is 6.08 Å². The van der Waals surface area contributed by atoms with Gasteiger partial charge in [-0.2, -0.15) is 0 Å². The smallest absolute Gasteiger partial charge is 0.627 e. The minimum absolute atomic E-state index is 0. The van der Waals surface area contributed by atoms with Crippen molar-refractivity contribution in [2.75, 3.05) is 26.4 Å². The third-order valence-electron chi connectivity index (χ3n) is 9.70. The van der Waals surface area contributed by atoms with Crippen LogP contribution in [-0.2, 0) is 14.0 Å². The topological polar surface area (TPSA) is 126 Å². The Balaban J connectivity index is 0.0000281. The molecule has 0 bridgehead atoms. The van der Waals surface area contributed by atoms with Crippen molar-refractivity contribution in [3.63, 3.8) is 0 Å². The zero-order chi connectivity index (χ0) is 38.5. The van der Waals surface area contributed by atoms with Crippen molar-refractivity contribution < 1.29 is 62.8 Å². The van der Waals surface area contributed by atoms with Crippen LogP contribution in [0.15, 0.2) is 30.5 Å². The zero-order valence-corrected chi connectivity index (χ0v) is 37.7. The van der Waals surface area contributed by atoms with E-state index in [0.29, 0.717) is 18.8 Å². The minimum atomic E-state index is -4.68. The number of phosphoric ester groups is 1. The molecule has 1 atom stereocenters. The molecule has 11 heteroatoms. The van der Waals surface area contributed by atoms with Crippen molar-refractivity contribution in [3.8, 4) is 5.75 Å². The Labute approximate surface area is 353 Å². The maximum absolute atomic E-state index is 12.6. The first-order chi connectivity index (χ1) is 25.9. The van der Waals surface area contributed by atoms with E-state index in [9.17, 15) is 19.9 Å². The van der Waals surface area contributed by atoms with Crippen LogP contribution in [0.4, 0.5) is 0 Å². The Morgan fingerprint density at radius 2 is 0.981 bits per heavy atom. The van der Waals surface area contributed by atoms with Crippen LogP contribution < -0.4 is 43.9 Å². The average Bonchev–Trinajstić information content (AvgIpc) is 3.14. The van der Waals surface area contributed by atoms with Gasteiger partial charge in [-0.25, -0.2) is 4.52 Å². The summed E-state index contributed by atoms with van der Waals surface area (Å²) in [4.78, 5) is 35.2. The molecule has 0 N–H and O–H groups in total. The van der Waals surface area contributed by atoms with Crippen molar-refractivity contribution in [2.45, 2.75) is 200 Å². The fourth-order valence-electron chi connectivity index (χ4n) is 6.42. The molecule has 0 radical (unpaired) electrons. The van der Waals surface area contributed by atoms with Crippen LogP contribution in [0.1, 0.15) is 199 Å². The van der Waals surface area contributed by atoms with Crippen molar-refractivity contribution in [1.82, 2.24) is 0 Å². The molecule has 9 nitrogen and oxygen atoms in total. The van der Waals surface area contributed by atoms with Gasteiger partial charge in [0.2, 0.25) is 14.4 Å². The maximum atomic E-state index is 12.6. The molecule has 0 heterocycles. The molecular weight excluding hydrogens is 712 g/mol. The molecule has 0 aliphatic rings. The van der Waals surface area contributed by atoms with Crippen LogP contribution in [0, 0.1) is 10.1 Å². The second-order valence-electron chi connectivity index (χ2n) is 14.8. The quantitative estimate of drug-likeness (QED) is 0.0212. The number of hydrogen-bond acceptors (Lipinski definition) is 8. The summed E-state index contributed by atoms with van der Waals surface area (Å²) in [5.74, 6) is 0.0653. The molecule has 308 valence electrons. The predicted octanol–water partition coefficient (Wildman–Crippen LogP) is 9.10. The first-order valence-corrected chi connectivity index (χ1v) is 23.1. The number of nitro groups is 1. The van der Waals surface area contributed by atoms with E-state index in [4.69, 9.17) is 18.5 Å². The van der Waals surface area contributed by atoms with Crippen molar-refractivity contribution >= 4 is 14.2 Å². The number of hydrogen-bond donors (Lipinski definition) is 0. The van der Waals surface area contributed by atoms with E-state index in [2.05, 4.69) is 13.8 Å². The van der Waals surface area contributed by atoms with E-state index in [1.54, 1.807) is 0 Å². The summed E-state index contributed by atoms with van der Waals surface area (Å²) in [6, 6.07) is 5.92. The summed E-state index contributed by atoms with van der Waals surface area (Å²) in [5, 5.41) is 10.5. The van der Waals surface area contributed by atoms with Crippen LogP contribution in [0.5, 0.6) is 5.75 Å². The number of benzene rings is 1. The Morgan fingerprint density at radius 3 is 1.39 bits per heavy atom. The second-order valence-corrected chi connectivity index (χ2v) is 16.1. The predicted molar refractivity (Wildman–Crippen MR) is 217 cm³/mol. The van der Waals surface area contributed by atoms with Gasteiger partial charge in [-0.05, 0) is 30.5 Å². The Morgan fingerprint density at radius 1 is 0.593 bits per heavy atom. The second kappa shape index (κ2) is 39.2. The molecule has 1 unspecified atom stereocenters. The molecule has 0 aliphatic carbocycles. The fourth-order valence-corrected chi connectivity index (χ4v) is 7.20. The van der Waals surface area contributed by atoms with Crippen molar-refractivity contribution in [2.24, 2.45) is 0 Å². The van der Waals surface area contributed by atoms with Gasteiger partial charge in [0.1, 0.15) is 12.7 Å². The van der Waals surface area contributed by atoms with E-state index in [-0.39, 0.29) is 48.5 Å². The first-order valence-electron chi connectivity index (χ1n) is 21.6.